The second-order valence-electron chi connectivity index (χ2n) is 3.72. The lowest BCUT2D eigenvalue weighted by molar-refractivity contribution is 0.647. The molecule has 0 bridgehead atoms. The summed E-state index contributed by atoms with van der Waals surface area (Å²) >= 11 is 2.17. The van der Waals surface area contributed by atoms with Crippen molar-refractivity contribution in [3.8, 4) is 0 Å². The molecule has 0 unspecified atom stereocenters. The van der Waals surface area contributed by atoms with Gasteiger partial charge in [-0.3, -0.25) is 3.53 Å². The summed E-state index contributed by atoms with van der Waals surface area (Å²) in [6.45, 7) is 5.45. The van der Waals surface area contributed by atoms with Gasteiger partial charge in [0.05, 0.1) is 0 Å². The van der Waals surface area contributed by atoms with Crippen LogP contribution in [0, 0.1) is 5.92 Å². The van der Waals surface area contributed by atoms with E-state index in [9.17, 15) is 0 Å². The summed E-state index contributed by atoms with van der Waals surface area (Å²) in [7, 11) is 0. The van der Waals surface area contributed by atoms with Gasteiger partial charge in [0.2, 0.25) is 0 Å². The highest BCUT2D eigenvalue weighted by Gasteiger charge is 1.97. The molecule has 2 heteroatoms. The average Bonchev–Trinajstić information content (AvgIpc) is 2.08. The fourth-order valence-electron chi connectivity index (χ4n) is 1.34. The van der Waals surface area contributed by atoms with Crippen LogP contribution in [0.1, 0.15) is 25.0 Å². The molecule has 0 heterocycles. The van der Waals surface area contributed by atoms with Gasteiger partial charge in [0.1, 0.15) is 0 Å². The van der Waals surface area contributed by atoms with Gasteiger partial charge in [0.15, 0.2) is 0 Å². The highest BCUT2D eigenvalue weighted by atomic mass is 127. The van der Waals surface area contributed by atoms with E-state index in [-0.39, 0.29) is 0 Å². The van der Waals surface area contributed by atoms with Crippen LogP contribution < -0.4 is 3.53 Å². The Morgan fingerprint density at radius 2 is 1.69 bits per heavy atom. The zero-order valence-corrected chi connectivity index (χ0v) is 10.3. The maximum Gasteiger partial charge on any atom is 0.0301 e. The summed E-state index contributed by atoms with van der Waals surface area (Å²) < 4.78 is 3.11. The van der Waals surface area contributed by atoms with Crippen molar-refractivity contribution in [3.63, 3.8) is 0 Å². The molecule has 1 aromatic rings. The predicted octanol–water partition coefficient (Wildman–Crippen LogP) is 3.32. The molecule has 0 amide bonds. The Labute approximate surface area is 94.4 Å². The molecule has 0 radical (unpaired) electrons. The number of halogens is 1. The van der Waals surface area contributed by atoms with Crippen LogP contribution in [-0.4, -0.2) is 0 Å². The standard InChI is InChI=1S/C11H16IN/c1-9(2)7-10-3-5-11(6-4-10)8-13-12/h3-6,9,13H,7-8H2,1-2H3. The Morgan fingerprint density at radius 3 is 2.15 bits per heavy atom. The first kappa shape index (κ1) is 11.0. The van der Waals surface area contributed by atoms with Crippen LogP contribution in [0.2, 0.25) is 0 Å². The molecule has 1 rings (SSSR count). The van der Waals surface area contributed by atoms with Crippen molar-refractivity contribution in [2.75, 3.05) is 0 Å². The van der Waals surface area contributed by atoms with E-state index < -0.39 is 0 Å². The third kappa shape index (κ3) is 4.09. The number of rotatable bonds is 4. The summed E-state index contributed by atoms with van der Waals surface area (Å²) in [6, 6.07) is 8.85. The van der Waals surface area contributed by atoms with Gasteiger partial charge in [-0.25, -0.2) is 0 Å². The highest BCUT2D eigenvalue weighted by molar-refractivity contribution is 14.1. The van der Waals surface area contributed by atoms with Gasteiger partial charge in [0, 0.05) is 29.4 Å². The second kappa shape index (κ2) is 5.60. The van der Waals surface area contributed by atoms with E-state index in [1.165, 1.54) is 17.5 Å². The van der Waals surface area contributed by atoms with Gasteiger partial charge in [-0.05, 0) is 23.5 Å². The maximum atomic E-state index is 3.11. The van der Waals surface area contributed by atoms with Crippen molar-refractivity contribution in [1.82, 2.24) is 3.53 Å². The fraction of sp³-hybridized carbons (Fsp3) is 0.455. The van der Waals surface area contributed by atoms with Gasteiger partial charge in [-0.15, -0.1) is 0 Å². The fourth-order valence-corrected chi connectivity index (χ4v) is 1.78. The molecule has 0 atom stereocenters. The summed E-state index contributed by atoms with van der Waals surface area (Å²) in [5.41, 5.74) is 2.79. The van der Waals surface area contributed by atoms with Crippen LogP contribution in [0.15, 0.2) is 24.3 Å². The van der Waals surface area contributed by atoms with Crippen LogP contribution >= 0.6 is 22.9 Å². The zero-order chi connectivity index (χ0) is 9.68. The minimum absolute atomic E-state index is 0.744. The van der Waals surface area contributed by atoms with Crippen molar-refractivity contribution < 1.29 is 0 Å². The van der Waals surface area contributed by atoms with E-state index in [4.69, 9.17) is 0 Å². The summed E-state index contributed by atoms with van der Waals surface area (Å²) in [5.74, 6) is 0.744. The lowest BCUT2D eigenvalue weighted by Crippen LogP contribution is -1.98. The minimum Gasteiger partial charge on any atom is -0.257 e. The SMILES string of the molecule is CC(C)Cc1ccc(CNI)cc1. The Bertz CT molecular complexity index is 241. The van der Waals surface area contributed by atoms with Crippen LogP contribution in [-0.2, 0) is 13.0 Å². The molecule has 1 nitrogen and oxygen atoms in total. The zero-order valence-electron chi connectivity index (χ0n) is 8.18. The smallest absolute Gasteiger partial charge is 0.0301 e. The monoisotopic (exact) mass is 289 g/mol. The predicted molar refractivity (Wildman–Crippen MR) is 65.8 cm³/mol. The van der Waals surface area contributed by atoms with Gasteiger partial charge >= 0.3 is 0 Å². The van der Waals surface area contributed by atoms with Crippen LogP contribution in [0.25, 0.3) is 0 Å². The van der Waals surface area contributed by atoms with Gasteiger partial charge in [0.25, 0.3) is 0 Å². The summed E-state index contributed by atoms with van der Waals surface area (Å²) in [4.78, 5) is 0. The molecular formula is C11H16IN. The Hall–Kier alpha value is -0.0900. The number of nitrogens with one attached hydrogen (secondary N) is 1. The van der Waals surface area contributed by atoms with Crippen molar-refractivity contribution in [2.45, 2.75) is 26.8 Å². The lowest BCUT2D eigenvalue weighted by Gasteiger charge is -2.05. The van der Waals surface area contributed by atoms with Crippen LogP contribution in [0.3, 0.4) is 0 Å². The Morgan fingerprint density at radius 1 is 1.15 bits per heavy atom. The van der Waals surface area contributed by atoms with E-state index in [1.54, 1.807) is 0 Å². The van der Waals surface area contributed by atoms with E-state index >= 15 is 0 Å². The van der Waals surface area contributed by atoms with Crippen molar-refractivity contribution in [3.05, 3.63) is 35.4 Å². The van der Waals surface area contributed by atoms with E-state index in [1.807, 2.05) is 0 Å². The second-order valence-corrected chi connectivity index (χ2v) is 4.49. The van der Waals surface area contributed by atoms with Gasteiger partial charge in [-0.2, -0.15) is 0 Å². The average molecular weight is 289 g/mol. The summed E-state index contributed by atoms with van der Waals surface area (Å²) in [6.07, 6.45) is 1.18. The van der Waals surface area contributed by atoms with E-state index in [2.05, 4.69) is 64.5 Å². The summed E-state index contributed by atoms with van der Waals surface area (Å²) in [5, 5.41) is 0. The normalized spacial score (nSPS) is 10.8. The molecule has 0 aromatic heterocycles. The number of hydrogen-bond donors (Lipinski definition) is 1. The quantitative estimate of drug-likeness (QED) is 0.662. The van der Waals surface area contributed by atoms with Crippen LogP contribution in [0.4, 0.5) is 0 Å². The molecule has 0 spiro atoms. The molecule has 0 aliphatic carbocycles. The minimum atomic E-state index is 0.744. The van der Waals surface area contributed by atoms with Crippen molar-refractivity contribution in [2.24, 2.45) is 5.92 Å². The topological polar surface area (TPSA) is 12.0 Å². The van der Waals surface area contributed by atoms with Crippen molar-refractivity contribution in [1.29, 1.82) is 0 Å². The number of benzene rings is 1. The maximum absolute atomic E-state index is 3.11. The molecule has 0 saturated carbocycles. The Balaban J connectivity index is 2.59. The van der Waals surface area contributed by atoms with Gasteiger partial charge < -0.3 is 0 Å². The third-order valence-electron chi connectivity index (χ3n) is 1.94. The highest BCUT2D eigenvalue weighted by Crippen LogP contribution is 2.09. The van der Waals surface area contributed by atoms with Gasteiger partial charge in [-0.1, -0.05) is 38.1 Å². The van der Waals surface area contributed by atoms with E-state index in [0.29, 0.717) is 0 Å². The molecule has 1 aromatic carbocycles. The Kier molecular flexibility index (Phi) is 4.73. The van der Waals surface area contributed by atoms with Crippen molar-refractivity contribution >= 4 is 22.9 Å². The molecule has 0 fully saturated rings. The number of hydrogen-bond acceptors (Lipinski definition) is 1. The molecule has 13 heavy (non-hydrogen) atoms. The molecule has 0 aliphatic heterocycles. The van der Waals surface area contributed by atoms with E-state index in [0.717, 1.165) is 12.5 Å². The first-order valence-electron chi connectivity index (χ1n) is 4.63. The largest absolute Gasteiger partial charge is 0.257 e. The molecule has 1 N–H and O–H groups in total. The van der Waals surface area contributed by atoms with Crippen LogP contribution in [0.5, 0.6) is 0 Å². The first-order chi connectivity index (χ1) is 6.22. The first-order valence-corrected chi connectivity index (χ1v) is 5.71. The third-order valence-corrected chi connectivity index (χ3v) is 2.32. The lowest BCUT2D eigenvalue weighted by atomic mass is 10.0. The molecular weight excluding hydrogens is 273 g/mol. The molecule has 72 valence electrons. The molecule has 0 saturated heterocycles. The molecule has 0 aliphatic rings.